The van der Waals surface area contributed by atoms with E-state index in [4.69, 9.17) is 15.5 Å². The zero-order chi connectivity index (χ0) is 17.4. The third kappa shape index (κ3) is 3.52. The molecule has 0 radical (unpaired) electrons. The molecule has 136 valence electrons. The number of nitrogens with two attached hydrogens (primary N) is 1. The second-order valence-electron chi connectivity index (χ2n) is 7.49. The van der Waals surface area contributed by atoms with E-state index in [0.29, 0.717) is 18.0 Å². The summed E-state index contributed by atoms with van der Waals surface area (Å²) in [6.07, 6.45) is 7.95. The summed E-state index contributed by atoms with van der Waals surface area (Å²) in [6, 6.07) is 0.636. The van der Waals surface area contributed by atoms with Gasteiger partial charge in [-0.3, -0.25) is 4.90 Å². The van der Waals surface area contributed by atoms with Gasteiger partial charge in [-0.2, -0.15) is 0 Å². The van der Waals surface area contributed by atoms with Crippen molar-refractivity contribution in [3.05, 3.63) is 16.3 Å². The van der Waals surface area contributed by atoms with Crippen LogP contribution in [0.4, 0.5) is 5.82 Å². The zero-order valence-electron chi connectivity index (χ0n) is 15.3. The van der Waals surface area contributed by atoms with Crippen molar-refractivity contribution in [2.45, 2.75) is 71.1 Å². The van der Waals surface area contributed by atoms with E-state index in [-0.39, 0.29) is 0 Å². The Morgan fingerprint density at radius 3 is 2.68 bits per heavy atom. The summed E-state index contributed by atoms with van der Waals surface area (Å²) in [5, 5.41) is 1.04. The van der Waals surface area contributed by atoms with Gasteiger partial charge < -0.3 is 10.5 Å². The highest BCUT2D eigenvalue weighted by Crippen LogP contribution is 2.32. The molecule has 1 aliphatic carbocycles. The van der Waals surface area contributed by atoms with Crippen molar-refractivity contribution in [3.63, 3.8) is 0 Å². The van der Waals surface area contributed by atoms with Crippen molar-refractivity contribution in [1.29, 1.82) is 0 Å². The molecule has 0 spiro atoms. The Morgan fingerprint density at radius 1 is 1.16 bits per heavy atom. The van der Waals surface area contributed by atoms with E-state index in [2.05, 4.69) is 23.7 Å². The smallest absolute Gasteiger partial charge is 0.146 e. The number of aromatic nitrogens is 2. The normalized spacial score (nSPS) is 21.8. The molecule has 0 aromatic carbocycles. The van der Waals surface area contributed by atoms with Crippen LogP contribution in [0.15, 0.2) is 0 Å². The first-order valence-electron chi connectivity index (χ1n) is 9.49. The molecule has 1 aliphatic heterocycles. The Kier molecular flexibility index (Phi) is 4.93. The predicted molar refractivity (Wildman–Crippen MR) is 103 cm³/mol. The van der Waals surface area contributed by atoms with E-state index >= 15 is 0 Å². The van der Waals surface area contributed by atoms with Crippen LogP contribution < -0.4 is 5.73 Å². The zero-order valence-corrected chi connectivity index (χ0v) is 16.1. The molecule has 2 aliphatic rings. The van der Waals surface area contributed by atoms with Crippen molar-refractivity contribution < 1.29 is 4.74 Å². The molecule has 0 bridgehead atoms. The number of rotatable bonds is 5. The predicted octanol–water partition coefficient (Wildman–Crippen LogP) is 3.81. The van der Waals surface area contributed by atoms with Crippen LogP contribution in [0.25, 0.3) is 10.2 Å². The number of hydrogen-bond acceptors (Lipinski definition) is 6. The lowest BCUT2D eigenvalue weighted by molar-refractivity contribution is 0.0531. The fraction of sp³-hybridized carbons (Fsp3) is 0.684. The highest BCUT2D eigenvalue weighted by molar-refractivity contribution is 7.18. The average molecular weight is 361 g/mol. The first-order chi connectivity index (χ1) is 12.1. The van der Waals surface area contributed by atoms with E-state index in [1.165, 1.54) is 49.0 Å². The van der Waals surface area contributed by atoms with Crippen LogP contribution >= 0.6 is 11.3 Å². The number of ether oxygens (including phenoxy) is 1. The molecule has 6 heteroatoms. The van der Waals surface area contributed by atoms with Gasteiger partial charge in [0.1, 0.15) is 16.5 Å². The van der Waals surface area contributed by atoms with Gasteiger partial charge in [-0.15, -0.1) is 11.3 Å². The van der Waals surface area contributed by atoms with Gasteiger partial charge in [-0.05, 0) is 45.1 Å². The molecular weight excluding hydrogens is 332 g/mol. The number of fused-ring (bicyclic) bond motifs is 1. The van der Waals surface area contributed by atoms with Crippen LogP contribution in [0, 0.1) is 13.8 Å². The maximum atomic E-state index is 6.28. The van der Waals surface area contributed by atoms with Crippen LogP contribution in [0.2, 0.25) is 0 Å². The highest BCUT2D eigenvalue weighted by Gasteiger charge is 2.28. The summed E-state index contributed by atoms with van der Waals surface area (Å²) in [5.74, 6) is 1.49. The van der Waals surface area contributed by atoms with E-state index in [1.54, 1.807) is 11.3 Å². The third-order valence-corrected chi connectivity index (χ3v) is 6.85. The maximum absolute atomic E-state index is 6.28. The first kappa shape index (κ1) is 17.2. The number of aryl methyl sites for hydroxylation is 2. The molecule has 5 nitrogen and oxygen atoms in total. The number of anilines is 1. The Balaban J connectivity index is 1.58. The Hall–Kier alpha value is -1.24. The maximum Gasteiger partial charge on any atom is 0.146 e. The van der Waals surface area contributed by atoms with Gasteiger partial charge in [0.05, 0.1) is 18.0 Å². The minimum absolute atomic E-state index is 0.368. The van der Waals surface area contributed by atoms with Crippen molar-refractivity contribution >= 4 is 27.4 Å². The molecule has 2 aromatic heterocycles. The fourth-order valence-corrected chi connectivity index (χ4v) is 5.30. The minimum Gasteiger partial charge on any atom is -0.383 e. The Labute approximate surface area is 153 Å². The summed E-state index contributed by atoms with van der Waals surface area (Å²) >= 11 is 1.73. The lowest BCUT2D eigenvalue weighted by Crippen LogP contribution is -2.39. The molecule has 2 fully saturated rings. The van der Waals surface area contributed by atoms with Crippen LogP contribution in [0.5, 0.6) is 0 Å². The van der Waals surface area contributed by atoms with E-state index in [1.807, 2.05) is 0 Å². The summed E-state index contributed by atoms with van der Waals surface area (Å²) in [6.45, 7) is 6.92. The first-order valence-corrected chi connectivity index (χ1v) is 10.3. The molecule has 25 heavy (non-hydrogen) atoms. The number of hydrogen-bond donors (Lipinski definition) is 1. The molecule has 0 amide bonds. The van der Waals surface area contributed by atoms with E-state index in [9.17, 15) is 0 Å². The summed E-state index contributed by atoms with van der Waals surface area (Å²) in [7, 11) is 0. The van der Waals surface area contributed by atoms with E-state index in [0.717, 1.165) is 35.7 Å². The molecule has 3 heterocycles. The largest absolute Gasteiger partial charge is 0.383 e. The SMILES string of the molecule is Cc1sc2nc(CN(CC3CCCO3)C3CCCC3)nc(N)c2c1C. The second kappa shape index (κ2) is 7.17. The van der Waals surface area contributed by atoms with Crippen LogP contribution in [-0.4, -0.2) is 40.2 Å². The minimum atomic E-state index is 0.368. The van der Waals surface area contributed by atoms with Gasteiger partial charge in [-0.25, -0.2) is 9.97 Å². The third-order valence-electron chi connectivity index (χ3n) is 5.75. The standard InChI is InChI=1S/C19H28N4OS/c1-12-13(2)25-19-17(12)18(20)21-16(22-19)11-23(14-6-3-4-7-14)10-15-8-5-9-24-15/h14-15H,3-11H2,1-2H3,(H2,20,21,22). The fourth-order valence-electron chi connectivity index (χ4n) is 4.24. The lowest BCUT2D eigenvalue weighted by Gasteiger charge is -2.30. The van der Waals surface area contributed by atoms with Crippen LogP contribution in [0.1, 0.15) is 54.8 Å². The topological polar surface area (TPSA) is 64.3 Å². The molecule has 1 atom stereocenters. The molecule has 1 saturated heterocycles. The molecular formula is C19H28N4OS. The van der Waals surface area contributed by atoms with Crippen molar-refractivity contribution in [3.8, 4) is 0 Å². The quantitative estimate of drug-likeness (QED) is 0.878. The molecule has 1 unspecified atom stereocenters. The number of nitrogen functional groups attached to an aromatic ring is 1. The molecule has 1 saturated carbocycles. The number of nitrogens with zero attached hydrogens (tertiary/aromatic N) is 3. The average Bonchev–Trinajstić information content (AvgIpc) is 3.30. The van der Waals surface area contributed by atoms with Crippen molar-refractivity contribution in [2.24, 2.45) is 0 Å². The summed E-state index contributed by atoms with van der Waals surface area (Å²) in [5.41, 5.74) is 7.49. The highest BCUT2D eigenvalue weighted by atomic mass is 32.1. The number of thiophene rings is 1. The summed E-state index contributed by atoms with van der Waals surface area (Å²) in [4.78, 5) is 14.4. The second-order valence-corrected chi connectivity index (χ2v) is 8.69. The van der Waals surface area contributed by atoms with Gasteiger partial charge in [0.25, 0.3) is 0 Å². The van der Waals surface area contributed by atoms with Gasteiger partial charge in [-0.1, -0.05) is 12.8 Å². The van der Waals surface area contributed by atoms with E-state index < -0.39 is 0 Å². The van der Waals surface area contributed by atoms with Gasteiger partial charge in [0.15, 0.2) is 0 Å². The van der Waals surface area contributed by atoms with Crippen LogP contribution in [-0.2, 0) is 11.3 Å². The molecule has 4 rings (SSSR count). The Bertz CT molecular complexity index is 747. The van der Waals surface area contributed by atoms with Gasteiger partial charge >= 0.3 is 0 Å². The lowest BCUT2D eigenvalue weighted by atomic mass is 10.1. The van der Waals surface area contributed by atoms with Crippen molar-refractivity contribution in [1.82, 2.24) is 14.9 Å². The van der Waals surface area contributed by atoms with Crippen LogP contribution in [0.3, 0.4) is 0 Å². The van der Waals surface area contributed by atoms with Gasteiger partial charge in [0.2, 0.25) is 0 Å². The van der Waals surface area contributed by atoms with Crippen molar-refractivity contribution in [2.75, 3.05) is 18.9 Å². The molecule has 2 aromatic rings. The molecule has 2 N–H and O–H groups in total. The Morgan fingerprint density at radius 2 is 1.96 bits per heavy atom. The van der Waals surface area contributed by atoms with Gasteiger partial charge in [0, 0.05) is 24.1 Å². The monoisotopic (exact) mass is 360 g/mol. The summed E-state index contributed by atoms with van der Waals surface area (Å²) < 4.78 is 5.89.